The summed E-state index contributed by atoms with van der Waals surface area (Å²) in [5.74, 6) is -3.25. The highest BCUT2D eigenvalue weighted by Crippen LogP contribution is 2.39. The molecule has 14 heteroatoms. The number of unbranched alkanes of at least 4 members (excludes halogenated alkanes) is 14. The van der Waals surface area contributed by atoms with Gasteiger partial charge in [0.1, 0.15) is 0 Å². The first-order valence-corrected chi connectivity index (χ1v) is 17.7. The van der Waals surface area contributed by atoms with E-state index in [-0.39, 0.29) is 32.7 Å². The van der Waals surface area contributed by atoms with Gasteiger partial charge in [-0.25, -0.2) is 0 Å². The summed E-state index contributed by atoms with van der Waals surface area (Å²) in [7, 11) is -5.06. The number of hydrogen-bond acceptors (Lipinski definition) is 10. The zero-order valence-corrected chi connectivity index (χ0v) is 28.3. The van der Waals surface area contributed by atoms with Crippen molar-refractivity contribution in [2.45, 2.75) is 135 Å². The van der Waals surface area contributed by atoms with Gasteiger partial charge >= 0.3 is 11.9 Å². The van der Waals surface area contributed by atoms with Gasteiger partial charge in [0.15, 0.2) is 5.25 Å². The molecule has 0 aliphatic heterocycles. The molecular weight excluding hydrogens is 594 g/mol. The second-order valence-electron chi connectivity index (χ2n) is 10.7. The minimum Gasteiger partial charge on any atom is -0.481 e. The van der Waals surface area contributed by atoms with E-state index in [9.17, 15) is 32.8 Å². The maximum atomic E-state index is 12.3. The minimum atomic E-state index is -5.06. The van der Waals surface area contributed by atoms with Crippen LogP contribution in [0, 0.1) is 5.41 Å². The molecule has 0 bridgehead atoms. The number of rotatable bonds is 25. The van der Waals surface area contributed by atoms with Crippen molar-refractivity contribution in [3.05, 3.63) is 0 Å². The van der Waals surface area contributed by atoms with Gasteiger partial charge in [-0.15, -0.1) is 0 Å². The molecule has 0 aliphatic carbocycles. The van der Waals surface area contributed by atoms with Crippen LogP contribution in [0.15, 0.2) is 0 Å². The Morgan fingerprint density at radius 3 is 1.02 bits per heavy atom. The SMILES string of the molecule is CCCCCCCCCCC(CCCCCCCCCC)(C(=O)O)C(C(=O)O)S(=O)(=O)O.NCCO.NCCO.NCCO. The van der Waals surface area contributed by atoms with Crippen LogP contribution >= 0.6 is 0 Å². The summed E-state index contributed by atoms with van der Waals surface area (Å²) in [6.07, 6.45) is 15.3. The molecule has 0 amide bonds. The third-order valence-electron chi connectivity index (χ3n) is 6.79. The Labute approximate surface area is 266 Å². The quantitative estimate of drug-likeness (QED) is 0.0503. The normalized spacial score (nSPS) is 11.7. The highest BCUT2D eigenvalue weighted by atomic mass is 32.2. The number of carboxylic acids is 2. The van der Waals surface area contributed by atoms with Crippen LogP contribution in [0.2, 0.25) is 0 Å². The number of hydrogen-bond donors (Lipinski definition) is 9. The molecular formula is C30H67N3O10S. The van der Waals surface area contributed by atoms with Crippen molar-refractivity contribution >= 4 is 22.1 Å². The zero-order chi connectivity index (χ0) is 34.7. The monoisotopic (exact) mass is 661 g/mol. The van der Waals surface area contributed by atoms with Crippen molar-refractivity contribution in [2.24, 2.45) is 22.6 Å². The molecule has 0 saturated carbocycles. The number of nitrogens with two attached hydrogens (primary N) is 3. The standard InChI is InChI=1S/C24H46O7S.3C2H7NO/c1-3-5-7-9-11-13-15-17-19-24(23(27)28,21(22(25)26)32(29,30)31)20-18-16-14-12-10-8-6-4-2;3*3-1-2-4/h21H,3-20H2,1-2H3,(H,25,26)(H,27,28)(H,29,30,31);3*4H,1-3H2. The Hall–Kier alpha value is -1.39. The van der Waals surface area contributed by atoms with Gasteiger partial charge in [-0.3, -0.25) is 14.1 Å². The lowest BCUT2D eigenvalue weighted by Crippen LogP contribution is -2.51. The predicted octanol–water partition coefficient (Wildman–Crippen LogP) is 3.27. The minimum absolute atomic E-state index is 0.0649. The van der Waals surface area contributed by atoms with Crippen molar-refractivity contribution in [3.8, 4) is 0 Å². The molecule has 0 rings (SSSR count). The Morgan fingerprint density at radius 1 is 0.591 bits per heavy atom. The van der Waals surface area contributed by atoms with Gasteiger partial charge in [0, 0.05) is 19.6 Å². The van der Waals surface area contributed by atoms with Crippen LogP contribution in [0.1, 0.15) is 129 Å². The van der Waals surface area contributed by atoms with Crippen molar-refractivity contribution in [3.63, 3.8) is 0 Å². The van der Waals surface area contributed by atoms with Gasteiger partial charge < -0.3 is 42.7 Å². The number of carboxylic acid groups (broad SMARTS) is 2. The molecule has 0 saturated heterocycles. The highest BCUT2D eigenvalue weighted by molar-refractivity contribution is 7.87. The lowest BCUT2D eigenvalue weighted by atomic mass is 9.74. The Balaban J connectivity index is -0.000000562. The molecule has 0 heterocycles. The Kier molecular flexibility index (Phi) is 40.6. The smallest absolute Gasteiger partial charge is 0.325 e. The molecule has 1 unspecified atom stereocenters. The summed E-state index contributed by atoms with van der Waals surface area (Å²) in [6.45, 7) is 5.71. The van der Waals surface area contributed by atoms with Crippen LogP contribution in [0.5, 0.6) is 0 Å². The van der Waals surface area contributed by atoms with E-state index in [4.69, 9.17) is 32.5 Å². The molecule has 268 valence electrons. The van der Waals surface area contributed by atoms with Gasteiger partial charge in [-0.1, -0.05) is 117 Å². The molecule has 13 nitrogen and oxygen atoms in total. The van der Waals surface area contributed by atoms with Gasteiger partial charge in [-0.2, -0.15) is 8.42 Å². The second kappa shape index (κ2) is 36.1. The van der Waals surface area contributed by atoms with Gasteiger partial charge in [0.05, 0.1) is 25.2 Å². The predicted molar refractivity (Wildman–Crippen MR) is 176 cm³/mol. The number of carbonyl (C=O) groups is 2. The molecule has 0 aromatic heterocycles. The van der Waals surface area contributed by atoms with E-state index >= 15 is 0 Å². The highest BCUT2D eigenvalue weighted by Gasteiger charge is 2.55. The van der Waals surface area contributed by atoms with Gasteiger partial charge in [0.25, 0.3) is 10.1 Å². The van der Waals surface area contributed by atoms with Crippen molar-refractivity contribution in [2.75, 3.05) is 39.5 Å². The van der Waals surface area contributed by atoms with Crippen molar-refractivity contribution in [1.29, 1.82) is 0 Å². The first kappa shape index (κ1) is 49.5. The lowest BCUT2D eigenvalue weighted by Gasteiger charge is -2.33. The molecule has 0 fully saturated rings. The van der Waals surface area contributed by atoms with E-state index in [2.05, 4.69) is 13.8 Å². The topological polar surface area (TPSA) is 268 Å². The van der Waals surface area contributed by atoms with Crippen LogP contribution in [0.4, 0.5) is 0 Å². The van der Waals surface area contributed by atoms with E-state index in [1.807, 2.05) is 0 Å². The number of aliphatic hydroxyl groups is 3. The fraction of sp³-hybridized carbons (Fsp3) is 0.933. The molecule has 0 radical (unpaired) electrons. The molecule has 44 heavy (non-hydrogen) atoms. The number of aliphatic hydroxyl groups excluding tert-OH is 3. The second-order valence-corrected chi connectivity index (χ2v) is 12.2. The van der Waals surface area contributed by atoms with E-state index in [0.29, 0.717) is 32.5 Å². The van der Waals surface area contributed by atoms with Gasteiger partial charge in [0.2, 0.25) is 0 Å². The Bertz CT molecular complexity index is 692. The van der Waals surface area contributed by atoms with E-state index in [1.165, 1.54) is 12.8 Å². The fourth-order valence-corrected chi connectivity index (χ4v) is 5.67. The maximum absolute atomic E-state index is 12.3. The van der Waals surface area contributed by atoms with E-state index in [1.54, 1.807) is 0 Å². The molecule has 0 spiro atoms. The average Bonchev–Trinajstić information content (AvgIpc) is 2.98. The molecule has 0 aromatic rings. The third-order valence-corrected chi connectivity index (χ3v) is 8.04. The largest absolute Gasteiger partial charge is 0.481 e. The first-order chi connectivity index (χ1) is 20.9. The van der Waals surface area contributed by atoms with Crippen molar-refractivity contribution in [1.82, 2.24) is 0 Å². The summed E-state index contributed by atoms with van der Waals surface area (Å²) in [5.41, 5.74) is 12.3. The molecule has 0 aliphatic rings. The van der Waals surface area contributed by atoms with Gasteiger partial charge in [-0.05, 0) is 12.8 Å². The van der Waals surface area contributed by atoms with Crippen LogP contribution in [-0.2, 0) is 19.7 Å². The number of aliphatic carboxylic acids is 2. The van der Waals surface area contributed by atoms with Crippen molar-refractivity contribution < 1.29 is 48.1 Å². The third kappa shape index (κ3) is 30.6. The van der Waals surface area contributed by atoms with Crippen LogP contribution in [0.3, 0.4) is 0 Å². The van der Waals surface area contributed by atoms with Crippen LogP contribution < -0.4 is 17.2 Å². The van der Waals surface area contributed by atoms with E-state index in [0.717, 1.165) is 77.0 Å². The summed E-state index contributed by atoms with van der Waals surface area (Å²) < 4.78 is 33.4. The summed E-state index contributed by atoms with van der Waals surface area (Å²) in [4.78, 5) is 24.0. The molecule has 1 atom stereocenters. The lowest BCUT2D eigenvalue weighted by molar-refractivity contribution is -0.156. The van der Waals surface area contributed by atoms with Crippen LogP contribution in [0.25, 0.3) is 0 Å². The summed E-state index contributed by atoms with van der Waals surface area (Å²) in [6, 6.07) is 0. The summed E-state index contributed by atoms with van der Waals surface area (Å²) in [5, 5.41) is 40.4. The van der Waals surface area contributed by atoms with E-state index < -0.39 is 32.7 Å². The fourth-order valence-electron chi connectivity index (χ4n) is 4.51. The molecule has 0 aromatic carbocycles. The zero-order valence-electron chi connectivity index (χ0n) is 27.5. The Morgan fingerprint density at radius 2 is 0.841 bits per heavy atom. The van der Waals surface area contributed by atoms with Crippen LogP contribution in [-0.4, -0.2) is 95.1 Å². The maximum Gasteiger partial charge on any atom is 0.325 e. The molecule has 12 N–H and O–H groups in total. The summed E-state index contributed by atoms with van der Waals surface area (Å²) >= 11 is 0. The average molecular weight is 662 g/mol. The first-order valence-electron chi connectivity index (χ1n) is 16.2.